The van der Waals surface area contributed by atoms with Gasteiger partial charge in [-0.05, 0) is 32.1 Å². The smallest absolute Gasteiger partial charge is 0.303 e. The van der Waals surface area contributed by atoms with E-state index in [2.05, 4.69) is 0 Å². The van der Waals surface area contributed by atoms with E-state index in [0.29, 0.717) is 25.7 Å². The SMILES string of the molecule is O=CC1CCC(=O)C1CC=CCCCCC(=O)O. The third-order valence-corrected chi connectivity index (χ3v) is 3.40. The summed E-state index contributed by atoms with van der Waals surface area (Å²) >= 11 is 0. The summed E-state index contributed by atoms with van der Waals surface area (Å²) in [7, 11) is 0. The third-order valence-electron chi connectivity index (χ3n) is 3.40. The number of carboxylic acid groups (broad SMARTS) is 1. The predicted molar refractivity (Wildman–Crippen MR) is 67.1 cm³/mol. The number of hydrogen-bond donors (Lipinski definition) is 1. The lowest BCUT2D eigenvalue weighted by atomic mass is 9.93. The maximum Gasteiger partial charge on any atom is 0.303 e. The molecule has 0 heterocycles. The molecular weight excluding hydrogens is 232 g/mol. The van der Waals surface area contributed by atoms with E-state index in [4.69, 9.17) is 5.11 Å². The molecule has 100 valence electrons. The van der Waals surface area contributed by atoms with Gasteiger partial charge < -0.3 is 9.90 Å². The average Bonchev–Trinajstić information content (AvgIpc) is 2.69. The zero-order valence-electron chi connectivity index (χ0n) is 10.5. The van der Waals surface area contributed by atoms with Gasteiger partial charge in [-0.1, -0.05) is 12.2 Å². The van der Waals surface area contributed by atoms with Crippen molar-refractivity contribution in [2.24, 2.45) is 11.8 Å². The number of aliphatic carboxylic acids is 1. The summed E-state index contributed by atoms with van der Waals surface area (Å²) < 4.78 is 0. The van der Waals surface area contributed by atoms with E-state index in [9.17, 15) is 14.4 Å². The van der Waals surface area contributed by atoms with Crippen LogP contribution in [0.1, 0.15) is 44.9 Å². The Kier molecular flexibility index (Phi) is 6.33. The summed E-state index contributed by atoms with van der Waals surface area (Å²) in [5.74, 6) is -0.793. The summed E-state index contributed by atoms with van der Waals surface area (Å²) in [4.78, 5) is 32.6. The first-order chi connectivity index (χ1) is 8.65. The number of carboxylic acids is 1. The van der Waals surface area contributed by atoms with E-state index in [-0.39, 0.29) is 24.0 Å². The molecule has 1 saturated carbocycles. The molecule has 18 heavy (non-hydrogen) atoms. The largest absolute Gasteiger partial charge is 0.481 e. The number of carbonyl (C=O) groups excluding carboxylic acids is 2. The predicted octanol–water partition coefficient (Wildman–Crippen LogP) is 2.37. The van der Waals surface area contributed by atoms with Gasteiger partial charge in [-0.3, -0.25) is 9.59 Å². The summed E-state index contributed by atoms with van der Waals surface area (Å²) in [5, 5.41) is 8.46. The van der Waals surface area contributed by atoms with E-state index in [1.165, 1.54) is 0 Å². The minimum absolute atomic E-state index is 0.103. The van der Waals surface area contributed by atoms with Crippen LogP contribution in [0.2, 0.25) is 0 Å². The van der Waals surface area contributed by atoms with Gasteiger partial charge in [0, 0.05) is 24.7 Å². The first-order valence-electron chi connectivity index (χ1n) is 6.50. The molecule has 1 aliphatic carbocycles. The first-order valence-corrected chi connectivity index (χ1v) is 6.50. The molecule has 0 aromatic heterocycles. The molecule has 0 spiro atoms. The van der Waals surface area contributed by atoms with Crippen molar-refractivity contribution < 1.29 is 19.5 Å². The van der Waals surface area contributed by atoms with Gasteiger partial charge in [0.15, 0.2) is 0 Å². The fraction of sp³-hybridized carbons (Fsp3) is 0.643. The van der Waals surface area contributed by atoms with Crippen molar-refractivity contribution in [3.8, 4) is 0 Å². The van der Waals surface area contributed by atoms with Crippen molar-refractivity contribution >= 4 is 18.0 Å². The molecule has 1 aliphatic rings. The molecule has 1 rings (SSSR count). The fourth-order valence-corrected chi connectivity index (χ4v) is 2.30. The normalized spacial score (nSPS) is 23.7. The molecule has 2 unspecified atom stereocenters. The summed E-state index contributed by atoms with van der Waals surface area (Å²) in [6, 6.07) is 0. The number of ketones is 1. The third kappa shape index (κ3) is 4.82. The van der Waals surface area contributed by atoms with Gasteiger partial charge in [0.1, 0.15) is 12.1 Å². The summed E-state index contributed by atoms with van der Waals surface area (Å²) in [6.45, 7) is 0. The van der Waals surface area contributed by atoms with Crippen LogP contribution in [0.25, 0.3) is 0 Å². The Bertz CT molecular complexity index is 333. The monoisotopic (exact) mass is 252 g/mol. The Balaban J connectivity index is 2.17. The number of rotatable bonds is 8. The van der Waals surface area contributed by atoms with Crippen LogP contribution in [0, 0.1) is 11.8 Å². The highest BCUT2D eigenvalue weighted by Gasteiger charge is 2.32. The van der Waals surface area contributed by atoms with E-state index in [1.54, 1.807) is 0 Å². The van der Waals surface area contributed by atoms with Crippen LogP contribution < -0.4 is 0 Å². The Morgan fingerprint density at radius 1 is 1.33 bits per heavy atom. The zero-order chi connectivity index (χ0) is 13.4. The molecule has 1 fully saturated rings. The van der Waals surface area contributed by atoms with Crippen molar-refractivity contribution in [3.63, 3.8) is 0 Å². The lowest BCUT2D eigenvalue weighted by molar-refractivity contribution is -0.137. The van der Waals surface area contributed by atoms with E-state index < -0.39 is 5.97 Å². The number of unbranched alkanes of at least 4 members (excludes halogenated alkanes) is 2. The van der Waals surface area contributed by atoms with Gasteiger partial charge >= 0.3 is 5.97 Å². The first kappa shape index (κ1) is 14.6. The lowest BCUT2D eigenvalue weighted by Gasteiger charge is -2.09. The highest BCUT2D eigenvalue weighted by molar-refractivity contribution is 5.87. The molecule has 0 amide bonds. The van der Waals surface area contributed by atoms with Gasteiger partial charge in [-0.2, -0.15) is 0 Å². The van der Waals surface area contributed by atoms with E-state index in [1.807, 2.05) is 12.2 Å². The molecule has 4 heteroatoms. The Morgan fingerprint density at radius 2 is 2.11 bits per heavy atom. The summed E-state index contributed by atoms with van der Waals surface area (Å²) in [6.07, 6.45) is 9.26. The maximum atomic E-state index is 11.5. The van der Waals surface area contributed by atoms with Crippen molar-refractivity contribution in [3.05, 3.63) is 12.2 Å². The van der Waals surface area contributed by atoms with Crippen LogP contribution in [0.3, 0.4) is 0 Å². The second kappa shape index (κ2) is 7.80. The Hall–Kier alpha value is -1.45. The second-order valence-electron chi connectivity index (χ2n) is 4.76. The van der Waals surface area contributed by atoms with E-state index in [0.717, 1.165) is 19.1 Å². The van der Waals surface area contributed by atoms with Crippen molar-refractivity contribution in [1.82, 2.24) is 0 Å². The minimum Gasteiger partial charge on any atom is -0.481 e. The van der Waals surface area contributed by atoms with Crippen LogP contribution in [0.4, 0.5) is 0 Å². The average molecular weight is 252 g/mol. The van der Waals surface area contributed by atoms with Gasteiger partial charge in [0.05, 0.1) is 0 Å². The molecule has 0 bridgehead atoms. The standard InChI is InChI=1S/C14H20O4/c15-10-11-8-9-13(16)12(11)6-4-2-1-3-5-7-14(17)18/h2,4,10-12H,1,3,5-9H2,(H,17,18). The fourth-order valence-electron chi connectivity index (χ4n) is 2.30. The molecule has 1 N–H and O–H groups in total. The Morgan fingerprint density at radius 3 is 2.78 bits per heavy atom. The van der Waals surface area contributed by atoms with Crippen LogP contribution in [0.5, 0.6) is 0 Å². The van der Waals surface area contributed by atoms with Crippen LogP contribution >= 0.6 is 0 Å². The number of allylic oxidation sites excluding steroid dienone is 2. The molecule has 0 radical (unpaired) electrons. The summed E-state index contributed by atoms with van der Waals surface area (Å²) in [5.41, 5.74) is 0. The molecular formula is C14H20O4. The molecule has 0 saturated heterocycles. The van der Waals surface area contributed by atoms with E-state index >= 15 is 0 Å². The molecule has 0 aromatic rings. The second-order valence-corrected chi connectivity index (χ2v) is 4.76. The number of hydrogen-bond acceptors (Lipinski definition) is 3. The maximum absolute atomic E-state index is 11.5. The number of Topliss-reactive ketones (excluding diaryl/α,β-unsaturated/α-hetero) is 1. The van der Waals surface area contributed by atoms with Gasteiger partial charge in [-0.15, -0.1) is 0 Å². The van der Waals surface area contributed by atoms with Crippen LogP contribution in [-0.4, -0.2) is 23.1 Å². The zero-order valence-corrected chi connectivity index (χ0v) is 10.5. The van der Waals surface area contributed by atoms with Crippen molar-refractivity contribution in [2.75, 3.05) is 0 Å². The van der Waals surface area contributed by atoms with Gasteiger partial charge in [-0.25, -0.2) is 0 Å². The Labute approximate surface area is 107 Å². The number of carbonyl (C=O) groups is 3. The number of aldehydes is 1. The van der Waals surface area contributed by atoms with Crippen LogP contribution in [0.15, 0.2) is 12.2 Å². The quantitative estimate of drug-likeness (QED) is 0.409. The van der Waals surface area contributed by atoms with Crippen LogP contribution in [-0.2, 0) is 14.4 Å². The molecule has 0 aliphatic heterocycles. The highest BCUT2D eigenvalue weighted by atomic mass is 16.4. The van der Waals surface area contributed by atoms with Crippen molar-refractivity contribution in [1.29, 1.82) is 0 Å². The highest BCUT2D eigenvalue weighted by Crippen LogP contribution is 2.30. The molecule has 4 nitrogen and oxygen atoms in total. The minimum atomic E-state index is -0.760. The molecule has 0 aromatic carbocycles. The van der Waals surface area contributed by atoms with Gasteiger partial charge in [0.2, 0.25) is 0 Å². The van der Waals surface area contributed by atoms with Crippen molar-refractivity contribution in [2.45, 2.75) is 44.9 Å². The topological polar surface area (TPSA) is 71.4 Å². The van der Waals surface area contributed by atoms with Gasteiger partial charge in [0.25, 0.3) is 0 Å². The molecule has 2 atom stereocenters. The lowest BCUT2D eigenvalue weighted by Crippen LogP contribution is -2.14.